The van der Waals surface area contributed by atoms with Crippen LogP contribution >= 0.6 is 0 Å². The molecule has 22 heavy (non-hydrogen) atoms. The van der Waals surface area contributed by atoms with E-state index in [4.69, 9.17) is 0 Å². The fourth-order valence-electron chi connectivity index (χ4n) is 2.71. The van der Waals surface area contributed by atoms with Gasteiger partial charge in [-0.2, -0.15) is 0 Å². The van der Waals surface area contributed by atoms with Crippen molar-refractivity contribution in [3.8, 4) is 0 Å². The van der Waals surface area contributed by atoms with E-state index in [2.05, 4.69) is 0 Å². The summed E-state index contributed by atoms with van der Waals surface area (Å²) in [5.41, 5.74) is 1.67. The summed E-state index contributed by atoms with van der Waals surface area (Å²) >= 11 is 0. The summed E-state index contributed by atoms with van der Waals surface area (Å²) in [4.78, 5) is 0.314. The zero-order chi connectivity index (χ0) is 15.9. The van der Waals surface area contributed by atoms with Crippen molar-refractivity contribution in [2.45, 2.75) is 24.2 Å². The largest absolute Gasteiger partial charge is 0.224 e. The van der Waals surface area contributed by atoms with E-state index in [1.807, 2.05) is 6.92 Å². The molecule has 0 aliphatic heterocycles. The first-order valence-corrected chi connectivity index (χ1v) is 8.76. The van der Waals surface area contributed by atoms with E-state index in [1.165, 1.54) is 12.1 Å². The molecule has 1 aliphatic carbocycles. The molecule has 1 aliphatic rings. The Kier molecular flexibility index (Phi) is 3.77. The van der Waals surface area contributed by atoms with Crippen molar-refractivity contribution in [3.05, 3.63) is 65.2 Å². The predicted molar refractivity (Wildman–Crippen MR) is 80.4 cm³/mol. The van der Waals surface area contributed by atoms with E-state index in [-0.39, 0.29) is 17.6 Å². The molecular weight excluding hydrogens is 306 g/mol. The van der Waals surface area contributed by atoms with Crippen LogP contribution in [0, 0.1) is 24.5 Å². The molecule has 2 aromatic rings. The molecule has 1 fully saturated rings. The third kappa shape index (κ3) is 3.04. The van der Waals surface area contributed by atoms with Crippen molar-refractivity contribution in [1.82, 2.24) is 0 Å². The Morgan fingerprint density at radius 1 is 1.05 bits per heavy atom. The third-order valence-electron chi connectivity index (χ3n) is 4.11. The van der Waals surface area contributed by atoms with E-state index >= 15 is 0 Å². The van der Waals surface area contributed by atoms with Crippen molar-refractivity contribution in [3.63, 3.8) is 0 Å². The number of sulfone groups is 1. The molecule has 2 aromatic carbocycles. The number of hydrogen-bond acceptors (Lipinski definition) is 2. The summed E-state index contributed by atoms with van der Waals surface area (Å²) in [6, 6.07) is 10.5. The quantitative estimate of drug-likeness (QED) is 0.857. The summed E-state index contributed by atoms with van der Waals surface area (Å²) in [6.07, 6.45) is 0.691. The maximum absolute atomic E-state index is 13.2. The molecule has 0 spiro atoms. The van der Waals surface area contributed by atoms with Gasteiger partial charge in [-0.15, -0.1) is 0 Å². The Morgan fingerprint density at radius 2 is 1.73 bits per heavy atom. The van der Waals surface area contributed by atoms with Gasteiger partial charge in [0.25, 0.3) is 0 Å². The molecule has 3 rings (SSSR count). The van der Waals surface area contributed by atoms with Crippen LogP contribution in [-0.4, -0.2) is 14.2 Å². The fourth-order valence-corrected chi connectivity index (χ4v) is 4.38. The lowest BCUT2D eigenvalue weighted by molar-refractivity contribution is 0.507. The zero-order valence-corrected chi connectivity index (χ0v) is 12.9. The first-order chi connectivity index (χ1) is 10.4. The number of halogens is 2. The molecule has 0 unspecified atom stereocenters. The second kappa shape index (κ2) is 5.47. The number of aryl methyl sites for hydroxylation is 1. The van der Waals surface area contributed by atoms with E-state index in [0.29, 0.717) is 16.9 Å². The Morgan fingerprint density at radius 3 is 2.36 bits per heavy atom. The van der Waals surface area contributed by atoms with Crippen LogP contribution in [0.25, 0.3) is 0 Å². The number of hydrogen-bond donors (Lipinski definition) is 0. The van der Waals surface area contributed by atoms with E-state index in [0.717, 1.165) is 11.6 Å². The van der Waals surface area contributed by atoms with Crippen molar-refractivity contribution in [1.29, 1.82) is 0 Å². The third-order valence-corrected chi connectivity index (χ3v) is 5.97. The number of benzene rings is 2. The molecule has 1 saturated carbocycles. The highest BCUT2D eigenvalue weighted by molar-refractivity contribution is 7.91. The fraction of sp³-hybridized carbons (Fsp3) is 0.294. The second-order valence-corrected chi connectivity index (χ2v) is 7.90. The van der Waals surface area contributed by atoms with Gasteiger partial charge in [-0.05, 0) is 55.0 Å². The lowest BCUT2D eigenvalue weighted by Gasteiger charge is -2.05. The van der Waals surface area contributed by atoms with Gasteiger partial charge in [-0.3, -0.25) is 0 Å². The minimum atomic E-state index is -3.34. The molecule has 0 heterocycles. The molecular formula is C17H16F2O2S. The van der Waals surface area contributed by atoms with E-state index < -0.39 is 21.5 Å². The predicted octanol–water partition coefficient (Wildman–Crippen LogP) is 3.85. The van der Waals surface area contributed by atoms with Crippen LogP contribution < -0.4 is 0 Å². The van der Waals surface area contributed by atoms with E-state index in [1.54, 1.807) is 24.3 Å². The number of rotatable bonds is 4. The first kappa shape index (κ1) is 15.2. The van der Waals surface area contributed by atoms with Crippen molar-refractivity contribution in [2.75, 3.05) is 5.75 Å². The van der Waals surface area contributed by atoms with Gasteiger partial charge in [0.15, 0.2) is 21.5 Å². The molecule has 5 heteroatoms. The van der Waals surface area contributed by atoms with Crippen molar-refractivity contribution >= 4 is 9.84 Å². The Labute approximate surface area is 128 Å². The van der Waals surface area contributed by atoms with Gasteiger partial charge >= 0.3 is 0 Å². The lowest BCUT2D eigenvalue weighted by Crippen LogP contribution is -2.09. The van der Waals surface area contributed by atoms with Gasteiger partial charge in [0.2, 0.25) is 0 Å². The van der Waals surface area contributed by atoms with Crippen LogP contribution in [0.1, 0.15) is 23.5 Å². The van der Waals surface area contributed by atoms with Crippen molar-refractivity contribution in [2.24, 2.45) is 5.92 Å². The normalized spacial score (nSPS) is 20.9. The van der Waals surface area contributed by atoms with Gasteiger partial charge in [0, 0.05) is 0 Å². The monoisotopic (exact) mass is 322 g/mol. The van der Waals surface area contributed by atoms with Crippen LogP contribution in [0.5, 0.6) is 0 Å². The van der Waals surface area contributed by atoms with Gasteiger partial charge in [0.05, 0.1) is 10.6 Å². The average molecular weight is 322 g/mol. The van der Waals surface area contributed by atoms with Crippen LogP contribution in [0.3, 0.4) is 0 Å². The lowest BCUT2D eigenvalue weighted by atomic mass is 10.1. The highest BCUT2D eigenvalue weighted by atomic mass is 32.2. The van der Waals surface area contributed by atoms with Gasteiger partial charge in [0.1, 0.15) is 0 Å². The summed E-state index contributed by atoms with van der Waals surface area (Å²) in [5, 5.41) is 0. The van der Waals surface area contributed by atoms with Gasteiger partial charge in [-0.1, -0.05) is 23.8 Å². The molecule has 0 bridgehead atoms. The highest BCUT2D eigenvalue weighted by Gasteiger charge is 2.41. The molecule has 0 saturated heterocycles. The summed E-state index contributed by atoms with van der Waals surface area (Å²) in [6.45, 7) is 1.90. The summed E-state index contributed by atoms with van der Waals surface area (Å²) < 4.78 is 50.9. The minimum Gasteiger partial charge on any atom is -0.224 e. The average Bonchev–Trinajstić information content (AvgIpc) is 3.21. The molecule has 116 valence electrons. The molecule has 0 amide bonds. The smallest absolute Gasteiger partial charge is 0.178 e. The van der Waals surface area contributed by atoms with Crippen LogP contribution in [0.15, 0.2) is 47.4 Å². The van der Waals surface area contributed by atoms with Gasteiger partial charge < -0.3 is 0 Å². The van der Waals surface area contributed by atoms with Crippen LogP contribution in [-0.2, 0) is 9.84 Å². The molecule has 2 nitrogen and oxygen atoms in total. The summed E-state index contributed by atoms with van der Waals surface area (Å²) in [5.74, 6) is -1.76. The first-order valence-electron chi connectivity index (χ1n) is 7.11. The van der Waals surface area contributed by atoms with Crippen molar-refractivity contribution < 1.29 is 17.2 Å². The molecule has 0 radical (unpaired) electrons. The van der Waals surface area contributed by atoms with E-state index in [9.17, 15) is 17.2 Å². The Balaban J connectivity index is 1.72. The highest BCUT2D eigenvalue weighted by Crippen LogP contribution is 2.48. The standard InChI is InChI=1S/C17H16F2O2S/c1-11-2-5-14(6-3-11)22(20,21)10-13-8-15(13)12-4-7-16(18)17(19)9-12/h2-7,9,13,15H,8,10H2,1H3/t13-,15-/m0/s1. The van der Waals surface area contributed by atoms with Gasteiger partial charge in [-0.25, -0.2) is 17.2 Å². The SMILES string of the molecule is Cc1ccc(S(=O)(=O)C[C@@H]2C[C@H]2c2ccc(F)c(F)c2)cc1. The topological polar surface area (TPSA) is 34.1 Å². The molecule has 0 N–H and O–H groups in total. The van der Waals surface area contributed by atoms with Crippen LogP contribution in [0.2, 0.25) is 0 Å². The maximum Gasteiger partial charge on any atom is 0.178 e. The minimum absolute atomic E-state index is 0.00433. The second-order valence-electron chi connectivity index (χ2n) is 5.87. The summed E-state index contributed by atoms with van der Waals surface area (Å²) in [7, 11) is -3.34. The Hall–Kier alpha value is -1.75. The molecule has 0 aromatic heterocycles. The Bertz CT molecular complexity index is 798. The molecule has 2 atom stereocenters. The van der Waals surface area contributed by atoms with Crippen LogP contribution in [0.4, 0.5) is 8.78 Å². The zero-order valence-electron chi connectivity index (χ0n) is 12.1. The maximum atomic E-state index is 13.2.